The van der Waals surface area contributed by atoms with Gasteiger partial charge >= 0.3 is 0 Å². The summed E-state index contributed by atoms with van der Waals surface area (Å²) in [5.74, 6) is -1.43. The maximum Gasteiger partial charge on any atom is 0.247 e. The zero-order chi connectivity index (χ0) is 29.8. The summed E-state index contributed by atoms with van der Waals surface area (Å²) in [5, 5.41) is 10.7. The smallest absolute Gasteiger partial charge is 0.247 e. The first-order chi connectivity index (χ1) is 19.7. The van der Waals surface area contributed by atoms with E-state index in [1.807, 2.05) is 47.1 Å². The third-order valence-electron chi connectivity index (χ3n) is 9.23. The number of unbranched alkanes of at least 4 members (excludes halogenated alkanes) is 1. The van der Waals surface area contributed by atoms with Crippen LogP contribution >= 0.6 is 11.8 Å². The lowest BCUT2D eigenvalue weighted by Gasteiger charge is -2.39. The molecule has 3 aliphatic rings. The van der Waals surface area contributed by atoms with Crippen LogP contribution in [0.15, 0.2) is 55.6 Å². The Morgan fingerprint density at radius 2 is 1.73 bits per heavy atom. The third-order valence-corrected chi connectivity index (χ3v) is 11.2. The van der Waals surface area contributed by atoms with E-state index >= 15 is 0 Å². The van der Waals surface area contributed by atoms with Crippen LogP contribution in [-0.2, 0) is 20.8 Å². The van der Waals surface area contributed by atoms with Crippen LogP contribution in [0.5, 0.6) is 0 Å². The Kier molecular flexibility index (Phi) is 10.1. The summed E-state index contributed by atoms with van der Waals surface area (Å²) in [6.07, 6.45) is 7.97. The normalized spacial score (nSPS) is 28.8. The van der Waals surface area contributed by atoms with Gasteiger partial charge in [-0.2, -0.15) is 0 Å². The van der Waals surface area contributed by atoms with Gasteiger partial charge in [0.1, 0.15) is 6.04 Å². The molecule has 1 aromatic carbocycles. The predicted octanol–water partition coefficient (Wildman–Crippen LogP) is 4.31. The maximum atomic E-state index is 14.7. The highest BCUT2D eigenvalue weighted by Gasteiger charge is 2.78. The molecule has 3 fully saturated rings. The second-order valence-corrected chi connectivity index (χ2v) is 13.9. The number of amides is 3. The van der Waals surface area contributed by atoms with Crippen molar-refractivity contribution in [2.24, 2.45) is 11.8 Å². The Balaban J connectivity index is 1.81. The van der Waals surface area contributed by atoms with E-state index in [2.05, 4.69) is 27.0 Å². The van der Waals surface area contributed by atoms with Crippen LogP contribution in [-0.4, -0.2) is 91.9 Å². The molecule has 2 unspecified atom stereocenters. The van der Waals surface area contributed by atoms with E-state index in [1.54, 1.807) is 28.8 Å². The first kappa shape index (κ1) is 31.4. The molecular formula is C33H47N3O4S. The number of thioether (sulfide) groups is 1. The zero-order valence-corrected chi connectivity index (χ0v) is 25.8. The molecule has 1 N–H and O–H groups in total. The summed E-state index contributed by atoms with van der Waals surface area (Å²) in [4.78, 5) is 48.9. The predicted molar refractivity (Wildman–Crippen MR) is 165 cm³/mol. The van der Waals surface area contributed by atoms with E-state index < -0.39 is 33.4 Å². The molecule has 0 aromatic heterocycles. The molecule has 0 radical (unpaired) electrons. The van der Waals surface area contributed by atoms with Crippen molar-refractivity contribution < 1.29 is 19.5 Å². The summed E-state index contributed by atoms with van der Waals surface area (Å²) < 4.78 is -1.15. The van der Waals surface area contributed by atoms with Gasteiger partial charge in [-0.1, -0.05) is 62.8 Å². The highest BCUT2D eigenvalue weighted by Crippen LogP contribution is 2.72. The number of likely N-dealkylation sites (tertiary alicyclic amines) is 1. The molecule has 1 aromatic rings. The molecule has 1 spiro atoms. The first-order valence-corrected chi connectivity index (χ1v) is 16.0. The largest absolute Gasteiger partial charge is 0.394 e. The Morgan fingerprint density at radius 3 is 2.32 bits per heavy atom. The molecule has 224 valence electrons. The number of hydrogen-bond donors (Lipinski definition) is 1. The minimum Gasteiger partial charge on any atom is -0.394 e. The second kappa shape index (κ2) is 13.2. The van der Waals surface area contributed by atoms with E-state index in [4.69, 9.17) is 0 Å². The maximum absolute atomic E-state index is 14.7. The van der Waals surface area contributed by atoms with Gasteiger partial charge in [0.15, 0.2) is 0 Å². The fourth-order valence-corrected chi connectivity index (χ4v) is 9.76. The molecule has 2 bridgehead atoms. The monoisotopic (exact) mass is 581 g/mol. The first-order valence-electron chi connectivity index (χ1n) is 15.2. The van der Waals surface area contributed by atoms with Crippen LogP contribution < -0.4 is 0 Å². The number of carbonyl (C=O) groups is 3. The molecule has 41 heavy (non-hydrogen) atoms. The van der Waals surface area contributed by atoms with Crippen molar-refractivity contribution in [1.29, 1.82) is 0 Å². The molecule has 4 rings (SSSR count). The van der Waals surface area contributed by atoms with Gasteiger partial charge in [-0.05, 0) is 44.6 Å². The SMILES string of the molecule is C=CCN(CCCC)C(=O)C1N([C@@H](CO)Cc2ccccc2)C(=O)[C@@H]2[C@@H](C(=O)N(CC=C)CCC)[C@@]3(C)CCC12S3. The van der Waals surface area contributed by atoms with Gasteiger partial charge in [0.25, 0.3) is 0 Å². The van der Waals surface area contributed by atoms with Gasteiger partial charge in [0.05, 0.1) is 29.2 Å². The van der Waals surface area contributed by atoms with Crippen LogP contribution in [0.4, 0.5) is 0 Å². The minimum absolute atomic E-state index is 0.0211. The van der Waals surface area contributed by atoms with E-state index in [0.29, 0.717) is 39.0 Å². The average molecular weight is 582 g/mol. The second-order valence-electron chi connectivity index (χ2n) is 12.0. The van der Waals surface area contributed by atoms with Gasteiger partial charge in [-0.25, -0.2) is 0 Å². The van der Waals surface area contributed by atoms with Crippen LogP contribution in [0.25, 0.3) is 0 Å². The molecular weight excluding hydrogens is 534 g/mol. The zero-order valence-electron chi connectivity index (χ0n) is 25.0. The summed E-state index contributed by atoms with van der Waals surface area (Å²) in [5.41, 5.74) is 0.991. The number of nitrogens with zero attached hydrogens (tertiary/aromatic N) is 3. The quantitative estimate of drug-likeness (QED) is 0.312. The summed E-state index contributed by atoms with van der Waals surface area (Å²) in [6.45, 7) is 15.7. The molecule has 0 aliphatic carbocycles. The Hall–Kier alpha value is -2.58. The molecule has 7 nitrogen and oxygen atoms in total. The van der Waals surface area contributed by atoms with Crippen molar-refractivity contribution in [2.45, 2.75) is 80.9 Å². The van der Waals surface area contributed by atoms with Gasteiger partial charge < -0.3 is 19.8 Å². The number of benzene rings is 1. The van der Waals surface area contributed by atoms with Crippen LogP contribution in [0.3, 0.4) is 0 Å². The van der Waals surface area contributed by atoms with Crippen LogP contribution in [0, 0.1) is 11.8 Å². The van der Waals surface area contributed by atoms with Crippen LogP contribution in [0.1, 0.15) is 58.4 Å². The summed E-state index contributed by atoms with van der Waals surface area (Å²) in [7, 11) is 0. The van der Waals surface area contributed by atoms with E-state index in [0.717, 1.165) is 31.2 Å². The minimum atomic E-state index is -0.749. The number of carbonyl (C=O) groups excluding carboxylic acids is 3. The molecule has 3 amide bonds. The third kappa shape index (κ3) is 5.62. The number of aliphatic hydroxyl groups excluding tert-OH is 1. The molecule has 3 saturated heterocycles. The topological polar surface area (TPSA) is 81.2 Å². The Bertz CT molecular complexity index is 1130. The van der Waals surface area contributed by atoms with Crippen molar-refractivity contribution in [3.63, 3.8) is 0 Å². The molecule has 3 heterocycles. The van der Waals surface area contributed by atoms with E-state index in [-0.39, 0.29) is 24.3 Å². The molecule has 0 saturated carbocycles. The van der Waals surface area contributed by atoms with Gasteiger partial charge in [0, 0.05) is 30.9 Å². The molecule has 6 atom stereocenters. The number of aliphatic hydroxyl groups is 1. The van der Waals surface area contributed by atoms with Crippen molar-refractivity contribution >= 4 is 29.5 Å². The highest BCUT2D eigenvalue weighted by molar-refractivity contribution is 8.02. The fourth-order valence-electron chi connectivity index (χ4n) is 7.43. The van der Waals surface area contributed by atoms with E-state index in [1.165, 1.54) is 0 Å². The van der Waals surface area contributed by atoms with Crippen LogP contribution in [0.2, 0.25) is 0 Å². The molecule has 3 aliphatic heterocycles. The lowest BCUT2D eigenvalue weighted by molar-refractivity contribution is -0.147. The van der Waals surface area contributed by atoms with Gasteiger partial charge in [-0.15, -0.1) is 24.9 Å². The fraction of sp³-hybridized carbons (Fsp3) is 0.606. The average Bonchev–Trinajstić information content (AvgIpc) is 3.54. The van der Waals surface area contributed by atoms with Crippen molar-refractivity contribution in [3.8, 4) is 0 Å². The van der Waals surface area contributed by atoms with Crippen molar-refractivity contribution in [1.82, 2.24) is 14.7 Å². The number of fused-ring (bicyclic) bond motifs is 1. The lowest BCUT2D eigenvalue weighted by atomic mass is 9.66. The van der Waals surface area contributed by atoms with Gasteiger partial charge in [0.2, 0.25) is 17.7 Å². The Labute approximate surface area is 250 Å². The molecule has 8 heteroatoms. The van der Waals surface area contributed by atoms with Gasteiger partial charge in [-0.3, -0.25) is 14.4 Å². The number of hydrogen-bond acceptors (Lipinski definition) is 5. The highest BCUT2D eigenvalue weighted by atomic mass is 32.2. The summed E-state index contributed by atoms with van der Waals surface area (Å²) >= 11 is 1.69. The Morgan fingerprint density at radius 1 is 1.07 bits per heavy atom. The van der Waals surface area contributed by atoms with E-state index in [9.17, 15) is 19.5 Å². The standard InChI is InChI=1S/C33H47N3O4S/c1-6-10-21-35(20-9-4)31(40)28-33-17-16-32(5,41-33)26(29(38)34(18-7-2)19-8-3)27(33)30(39)36(28)25(23-37)22-24-14-12-11-13-15-24/h7,9,11-15,25-28,37H,2,4,6,8,10,16-23H2,1,3,5H3/t25-,26+,27+,28?,32-,33?/m1/s1. The summed E-state index contributed by atoms with van der Waals surface area (Å²) in [6, 6.07) is 8.47. The lowest BCUT2D eigenvalue weighted by Crippen LogP contribution is -2.58. The van der Waals surface area contributed by atoms with Crippen molar-refractivity contribution in [2.75, 3.05) is 32.8 Å². The number of rotatable bonds is 15. The van der Waals surface area contributed by atoms with Crippen molar-refractivity contribution in [3.05, 3.63) is 61.2 Å².